The van der Waals surface area contributed by atoms with Gasteiger partial charge in [0.25, 0.3) is 0 Å². The third-order valence-electron chi connectivity index (χ3n) is 2.43. The van der Waals surface area contributed by atoms with Crippen LogP contribution in [0.25, 0.3) is 0 Å². The molecule has 1 aromatic heterocycles. The molecule has 0 fully saturated rings. The molecular weight excluding hydrogens is 196 g/mol. The highest BCUT2D eigenvalue weighted by Crippen LogP contribution is 2.03. The number of pyridine rings is 1. The van der Waals surface area contributed by atoms with Crippen LogP contribution in [0, 0.1) is 6.92 Å². The molecule has 0 radical (unpaired) electrons. The van der Waals surface area contributed by atoms with Crippen LogP contribution in [0.3, 0.4) is 0 Å². The van der Waals surface area contributed by atoms with Crippen LogP contribution in [0.15, 0.2) is 42.3 Å². The van der Waals surface area contributed by atoms with Gasteiger partial charge in [0.1, 0.15) is 0 Å². The second-order valence-corrected chi connectivity index (χ2v) is 3.87. The molecule has 0 aromatic carbocycles. The highest BCUT2D eigenvalue weighted by Gasteiger charge is 1.91. The molecule has 0 spiro atoms. The first kappa shape index (κ1) is 12.5. The fourth-order valence-corrected chi connectivity index (χ4v) is 1.30. The zero-order chi connectivity index (χ0) is 11.8. The molecule has 0 aliphatic heterocycles. The Labute approximate surface area is 97.9 Å². The maximum atomic E-state index is 5.68. The van der Waals surface area contributed by atoms with Crippen LogP contribution in [0.5, 0.6) is 0 Å². The summed E-state index contributed by atoms with van der Waals surface area (Å²) < 4.78 is 0. The minimum Gasteiger partial charge on any atom is -0.402 e. The predicted octanol–water partition coefficient (Wildman–Crippen LogP) is 3.13. The van der Waals surface area contributed by atoms with Crippen LogP contribution in [-0.2, 0) is 6.42 Å². The van der Waals surface area contributed by atoms with Crippen molar-refractivity contribution in [1.29, 1.82) is 0 Å². The molecule has 0 aliphatic carbocycles. The minimum absolute atomic E-state index is 0.909. The number of allylic oxidation sites excluding steroid dienone is 4. The van der Waals surface area contributed by atoms with E-state index >= 15 is 0 Å². The molecule has 2 N–H and O–H groups in total. The summed E-state index contributed by atoms with van der Waals surface area (Å²) in [4.78, 5) is 4.26. The van der Waals surface area contributed by atoms with Crippen molar-refractivity contribution < 1.29 is 0 Å². The molecule has 86 valence electrons. The average molecular weight is 216 g/mol. The molecule has 0 saturated heterocycles. The van der Waals surface area contributed by atoms with Gasteiger partial charge in [-0.05, 0) is 43.9 Å². The van der Waals surface area contributed by atoms with E-state index in [9.17, 15) is 0 Å². The molecule has 0 unspecified atom stereocenters. The van der Waals surface area contributed by atoms with Gasteiger partial charge in [0.05, 0.1) is 0 Å². The van der Waals surface area contributed by atoms with Crippen molar-refractivity contribution in [2.75, 3.05) is 0 Å². The molecule has 1 aromatic rings. The van der Waals surface area contributed by atoms with Gasteiger partial charge in [-0.15, -0.1) is 0 Å². The molecule has 0 amide bonds. The smallest absolute Gasteiger partial charge is 0.0372 e. The lowest BCUT2D eigenvalue weighted by molar-refractivity contribution is 0.979. The third-order valence-corrected chi connectivity index (χ3v) is 2.43. The van der Waals surface area contributed by atoms with Crippen molar-refractivity contribution in [2.45, 2.75) is 33.1 Å². The van der Waals surface area contributed by atoms with Gasteiger partial charge in [0, 0.05) is 17.6 Å². The van der Waals surface area contributed by atoms with Gasteiger partial charge in [0.15, 0.2) is 0 Å². The molecular formula is C14H20N2. The fraction of sp³-hybridized carbons (Fsp3) is 0.357. The summed E-state index contributed by atoms with van der Waals surface area (Å²) in [6.45, 7) is 4.06. The molecule has 1 heterocycles. The van der Waals surface area contributed by atoms with Crippen LogP contribution in [0.2, 0.25) is 0 Å². The quantitative estimate of drug-likeness (QED) is 0.768. The van der Waals surface area contributed by atoms with Gasteiger partial charge in [0.2, 0.25) is 0 Å². The summed E-state index contributed by atoms with van der Waals surface area (Å²) >= 11 is 0. The maximum absolute atomic E-state index is 5.68. The van der Waals surface area contributed by atoms with Crippen molar-refractivity contribution in [3.05, 3.63) is 53.5 Å². The number of nitrogens with two attached hydrogens (primary N) is 1. The Hall–Kier alpha value is -1.57. The zero-order valence-corrected chi connectivity index (χ0v) is 10.1. The van der Waals surface area contributed by atoms with Crippen LogP contribution >= 0.6 is 0 Å². The summed E-state index contributed by atoms with van der Waals surface area (Å²) in [6.07, 6.45) is 11.0. The second kappa shape index (κ2) is 6.83. The highest BCUT2D eigenvalue weighted by molar-refractivity contribution is 5.15. The lowest BCUT2D eigenvalue weighted by atomic mass is 10.1. The standard InChI is InChI=1S/C14H20N2/c1-3-14(15)8-6-4-5-7-13-10-9-12(2)16-11-13/h4,6,8-11H,3,5,7,15H2,1-2H3/b6-4-,14-8-. The van der Waals surface area contributed by atoms with Gasteiger partial charge in [-0.2, -0.15) is 0 Å². The van der Waals surface area contributed by atoms with Crippen LogP contribution in [0.1, 0.15) is 31.0 Å². The van der Waals surface area contributed by atoms with E-state index in [1.54, 1.807) is 0 Å². The number of hydrogen-bond donors (Lipinski definition) is 1. The molecule has 0 atom stereocenters. The van der Waals surface area contributed by atoms with E-state index in [2.05, 4.69) is 24.1 Å². The van der Waals surface area contributed by atoms with Gasteiger partial charge in [-0.25, -0.2) is 0 Å². The van der Waals surface area contributed by atoms with E-state index in [1.807, 2.05) is 31.3 Å². The van der Waals surface area contributed by atoms with E-state index < -0.39 is 0 Å². The topological polar surface area (TPSA) is 38.9 Å². The van der Waals surface area contributed by atoms with E-state index in [0.29, 0.717) is 0 Å². The molecule has 2 nitrogen and oxygen atoms in total. The van der Waals surface area contributed by atoms with Gasteiger partial charge >= 0.3 is 0 Å². The second-order valence-electron chi connectivity index (χ2n) is 3.87. The first-order chi connectivity index (χ1) is 7.72. The minimum atomic E-state index is 0.909. The fourth-order valence-electron chi connectivity index (χ4n) is 1.30. The number of rotatable bonds is 5. The van der Waals surface area contributed by atoms with E-state index in [-0.39, 0.29) is 0 Å². The Balaban J connectivity index is 2.33. The summed E-state index contributed by atoms with van der Waals surface area (Å²) in [5.74, 6) is 0. The Bertz CT molecular complexity index is 361. The maximum Gasteiger partial charge on any atom is 0.0372 e. The van der Waals surface area contributed by atoms with E-state index in [0.717, 1.165) is 30.7 Å². The Kier molecular flexibility index (Phi) is 5.34. The molecule has 16 heavy (non-hydrogen) atoms. The predicted molar refractivity (Wildman–Crippen MR) is 69.0 cm³/mol. The van der Waals surface area contributed by atoms with Crippen LogP contribution in [0.4, 0.5) is 0 Å². The van der Waals surface area contributed by atoms with E-state index in [1.165, 1.54) is 5.56 Å². The number of aromatic nitrogens is 1. The van der Waals surface area contributed by atoms with Crippen molar-refractivity contribution in [1.82, 2.24) is 4.98 Å². The van der Waals surface area contributed by atoms with Crippen molar-refractivity contribution >= 4 is 0 Å². The first-order valence-corrected chi connectivity index (χ1v) is 5.75. The third kappa shape index (κ3) is 4.78. The average Bonchev–Trinajstić information content (AvgIpc) is 2.31. The summed E-state index contributed by atoms with van der Waals surface area (Å²) in [5.41, 5.74) is 8.95. The van der Waals surface area contributed by atoms with Crippen LogP contribution in [-0.4, -0.2) is 4.98 Å². The molecule has 1 rings (SSSR count). The van der Waals surface area contributed by atoms with Crippen LogP contribution < -0.4 is 5.73 Å². The SMILES string of the molecule is CC/C(N)=C/C=C\CCc1ccc(C)nc1. The van der Waals surface area contributed by atoms with Crippen molar-refractivity contribution in [2.24, 2.45) is 5.73 Å². The normalized spacial score (nSPS) is 12.2. The Morgan fingerprint density at radius 2 is 2.25 bits per heavy atom. The summed E-state index contributed by atoms with van der Waals surface area (Å²) in [5, 5.41) is 0. The molecule has 0 saturated carbocycles. The van der Waals surface area contributed by atoms with Gasteiger partial charge in [-0.3, -0.25) is 4.98 Å². The monoisotopic (exact) mass is 216 g/mol. The largest absolute Gasteiger partial charge is 0.402 e. The number of aryl methyl sites for hydroxylation is 2. The van der Waals surface area contributed by atoms with Crippen molar-refractivity contribution in [3.63, 3.8) is 0 Å². The van der Waals surface area contributed by atoms with E-state index in [4.69, 9.17) is 5.73 Å². The highest BCUT2D eigenvalue weighted by atomic mass is 14.6. The molecule has 0 bridgehead atoms. The summed E-state index contributed by atoms with van der Waals surface area (Å²) in [7, 11) is 0. The van der Waals surface area contributed by atoms with Gasteiger partial charge in [-0.1, -0.05) is 25.1 Å². The summed E-state index contributed by atoms with van der Waals surface area (Å²) in [6, 6.07) is 4.18. The zero-order valence-electron chi connectivity index (χ0n) is 10.1. The number of hydrogen-bond acceptors (Lipinski definition) is 2. The molecule has 0 aliphatic rings. The Morgan fingerprint density at radius 3 is 2.88 bits per heavy atom. The first-order valence-electron chi connectivity index (χ1n) is 5.75. The molecule has 2 heteroatoms. The lowest BCUT2D eigenvalue weighted by Crippen LogP contribution is -1.92. The van der Waals surface area contributed by atoms with Crippen molar-refractivity contribution in [3.8, 4) is 0 Å². The lowest BCUT2D eigenvalue weighted by Gasteiger charge is -1.97. The number of nitrogens with zero attached hydrogens (tertiary/aromatic N) is 1. The Morgan fingerprint density at radius 1 is 1.44 bits per heavy atom. The van der Waals surface area contributed by atoms with Gasteiger partial charge < -0.3 is 5.73 Å².